The molecule has 1 N–H and O–H groups in total. The van der Waals surface area contributed by atoms with Gasteiger partial charge in [-0.05, 0) is 37.0 Å². The third-order valence-corrected chi connectivity index (χ3v) is 3.62. The van der Waals surface area contributed by atoms with E-state index in [0.717, 1.165) is 17.7 Å². The van der Waals surface area contributed by atoms with Crippen LogP contribution in [0.5, 0.6) is 5.75 Å². The lowest BCUT2D eigenvalue weighted by Crippen LogP contribution is -2.40. The molecule has 1 heterocycles. The normalized spacial score (nSPS) is 18.1. The molecule has 1 aromatic carbocycles. The van der Waals surface area contributed by atoms with E-state index in [9.17, 15) is 9.59 Å². The van der Waals surface area contributed by atoms with Gasteiger partial charge in [0.05, 0.1) is 7.11 Å². The molecule has 1 atom stereocenters. The number of aliphatic carboxylic acids is 1. The van der Waals surface area contributed by atoms with E-state index >= 15 is 0 Å². The molecule has 20 heavy (non-hydrogen) atoms. The Morgan fingerprint density at radius 3 is 2.95 bits per heavy atom. The minimum absolute atomic E-state index is 0.0854. The Labute approximate surface area is 118 Å². The molecule has 0 spiro atoms. The molecule has 108 valence electrons. The zero-order valence-electron chi connectivity index (χ0n) is 11.5. The number of hydrogen-bond donors (Lipinski definition) is 1. The summed E-state index contributed by atoms with van der Waals surface area (Å²) in [4.78, 5) is 24.7. The van der Waals surface area contributed by atoms with E-state index in [4.69, 9.17) is 9.84 Å². The van der Waals surface area contributed by atoms with Gasteiger partial charge in [-0.25, -0.2) is 4.79 Å². The average Bonchev–Trinajstić information content (AvgIpc) is 2.94. The van der Waals surface area contributed by atoms with E-state index in [1.165, 1.54) is 4.90 Å². The van der Waals surface area contributed by atoms with Gasteiger partial charge in [0, 0.05) is 13.0 Å². The molecule has 0 saturated carbocycles. The smallest absolute Gasteiger partial charge is 0.326 e. The van der Waals surface area contributed by atoms with Gasteiger partial charge in [-0.1, -0.05) is 12.1 Å². The molecule has 1 aliphatic rings. The van der Waals surface area contributed by atoms with Crippen molar-refractivity contribution in [3.8, 4) is 5.75 Å². The first-order chi connectivity index (χ1) is 9.61. The molecular weight excluding hydrogens is 258 g/mol. The van der Waals surface area contributed by atoms with Crippen LogP contribution in [0.1, 0.15) is 24.8 Å². The van der Waals surface area contributed by atoms with Crippen molar-refractivity contribution in [1.29, 1.82) is 0 Å². The number of nitrogens with zero attached hydrogens (tertiary/aromatic N) is 1. The van der Waals surface area contributed by atoms with Gasteiger partial charge in [0.2, 0.25) is 5.91 Å². The molecule has 0 aliphatic carbocycles. The minimum atomic E-state index is -0.905. The summed E-state index contributed by atoms with van der Waals surface area (Å²) in [5, 5.41) is 9.08. The maximum absolute atomic E-state index is 12.1. The second-order valence-corrected chi connectivity index (χ2v) is 4.93. The number of methoxy groups -OCH3 is 1. The van der Waals surface area contributed by atoms with E-state index in [2.05, 4.69) is 0 Å². The van der Waals surface area contributed by atoms with E-state index in [1.54, 1.807) is 7.11 Å². The predicted octanol–water partition coefficient (Wildman–Crippen LogP) is 1.70. The number of likely N-dealkylation sites (tertiary alicyclic amines) is 1. The third-order valence-electron chi connectivity index (χ3n) is 3.62. The van der Waals surface area contributed by atoms with Crippen molar-refractivity contribution in [2.45, 2.75) is 31.7 Å². The number of rotatable bonds is 5. The quantitative estimate of drug-likeness (QED) is 0.889. The first kappa shape index (κ1) is 14.4. The fourth-order valence-electron chi connectivity index (χ4n) is 2.54. The highest BCUT2D eigenvalue weighted by Crippen LogP contribution is 2.20. The van der Waals surface area contributed by atoms with Gasteiger partial charge < -0.3 is 14.7 Å². The van der Waals surface area contributed by atoms with Crippen LogP contribution in [0.15, 0.2) is 24.3 Å². The van der Waals surface area contributed by atoms with Crippen LogP contribution in [0.4, 0.5) is 0 Å². The summed E-state index contributed by atoms with van der Waals surface area (Å²) < 4.78 is 5.14. The molecule has 5 heteroatoms. The average molecular weight is 277 g/mol. The molecule has 0 unspecified atom stereocenters. The number of carbonyl (C=O) groups excluding carboxylic acids is 1. The summed E-state index contributed by atoms with van der Waals surface area (Å²) in [5.41, 5.74) is 1.02. The van der Waals surface area contributed by atoms with E-state index in [1.807, 2.05) is 24.3 Å². The number of aryl methyl sites for hydroxylation is 1. The highest BCUT2D eigenvalue weighted by molar-refractivity contribution is 5.84. The number of carbonyl (C=O) groups is 2. The number of amides is 1. The van der Waals surface area contributed by atoms with E-state index in [0.29, 0.717) is 25.8 Å². The van der Waals surface area contributed by atoms with Crippen LogP contribution >= 0.6 is 0 Å². The van der Waals surface area contributed by atoms with Gasteiger partial charge in [0.15, 0.2) is 0 Å². The van der Waals surface area contributed by atoms with Crippen molar-refractivity contribution in [1.82, 2.24) is 4.90 Å². The number of hydrogen-bond acceptors (Lipinski definition) is 3. The SMILES string of the molecule is COc1cccc(CCC(=O)N2CCC[C@H]2C(=O)O)c1. The van der Waals surface area contributed by atoms with Gasteiger partial charge in [0.1, 0.15) is 11.8 Å². The van der Waals surface area contributed by atoms with Crippen molar-refractivity contribution < 1.29 is 19.4 Å². The van der Waals surface area contributed by atoms with Gasteiger partial charge in [-0.2, -0.15) is 0 Å². The number of benzene rings is 1. The summed E-state index contributed by atoms with van der Waals surface area (Å²) >= 11 is 0. The van der Waals surface area contributed by atoms with E-state index < -0.39 is 12.0 Å². The lowest BCUT2D eigenvalue weighted by molar-refractivity contribution is -0.148. The fraction of sp³-hybridized carbons (Fsp3) is 0.467. The molecule has 1 fully saturated rings. The predicted molar refractivity (Wildman–Crippen MR) is 73.7 cm³/mol. The fourth-order valence-corrected chi connectivity index (χ4v) is 2.54. The zero-order valence-corrected chi connectivity index (χ0v) is 11.5. The second-order valence-electron chi connectivity index (χ2n) is 4.93. The van der Waals surface area contributed by atoms with Crippen LogP contribution in [0.2, 0.25) is 0 Å². The molecule has 0 aromatic heterocycles. The first-order valence-electron chi connectivity index (χ1n) is 6.77. The molecule has 0 radical (unpaired) electrons. The zero-order chi connectivity index (χ0) is 14.5. The maximum atomic E-state index is 12.1. The Bertz CT molecular complexity index is 500. The Hall–Kier alpha value is -2.04. The van der Waals surface area contributed by atoms with Crippen LogP contribution in [0, 0.1) is 0 Å². The first-order valence-corrected chi connectivity index (χ1v) is 6.77. The summed E-state index contributed by atoms with van der Waals surface area (Å²) in [7, 11) is 1.60. The van der Waals surface area contributed by atoms with Crippen LogP contribution in [-0.2, 0) is 16.0 Å². The molecule has 1 aliphatic heterocycles. The van der Waals surface area contributed by atoms with Crippen LogP contribution in [0.3, 0.4) is 0 Å². The van der Waals surface area contributed by atoms with Gasteiger partial charge in [-0.15, -0.1) is 0 Å². The van der Waals surface area contributed by atoms with Crippen molar-refractivity contribution in [3.05, 3.63) is 29.8 Å². The summed E-state index contributed by atoms with van der Waals surface area (Å²) in [5.74, 6) is -0.227. The summed E-state index contributed by atoms with van der Waals surface area (Å²) in [6.07, 6.45) is 2.25. The van der Waals surface area contributed by atoms with Crippen LogP contribution in [0.25, 0.3) is 0 Å². The van der Waals surface area contributed by atoms with Crippen molar-refractivity contribution >= 4 is 11.9 Å². The Morgan fingerprint density at radius 2 is 2.25 bits per heavy atom. The summed E-state index contributed by atoms with van der Waals surface area (Å²) in [6, 6.07) is 6.93. The molecule has 1 aromatic rings. The molecule has 1 saturated heterocycles. The largest absolute Gasteiger partial charge is 0.497 e. The lowest BCUT2D eigenvalue weighted by atomic mass is 10.1. The van der Waals surface area contributed by atoms with Gasteiger partial charge >= 0.3 is 5.97 Å². The van der Waals surface area contributed by atoms with Crippen molar-refractivity contribution in [2.24, 2.45) is 0 Å². The number of ether oxygens (including phenoxy) is 1. The van der Waals surface area contributed by atoms with Gasteiger partial charge in [-0.3, -0.25) is 4.79 Å². The Kier molecular flexibility index (Phi) is 4.61. The monoisotopic (exact) mass is 277 g/mol. The standard InChI is InChI=1S/C15H19NO4/c1-20-12-5-2-4-11(10-12)7-8-14(17)16-9-3-6-13(16)15(18)19/h2,4-5,10,13H,3,6-9H2,1H3,(H,18,19)/t13-/m0/s1. The summed E-state index contributed by atoms with van der Waals surface area (Å²) in [6.45, 7) is 0.550. The van der Waals surface area contributed by atoms with Crippen LogP contribution in [-0.4, -0.2) is 41.6 Å². The Morgan fingerprint density at radius 1 is 1.45 bits per heavy atom. The number of carboxylic acid groups (broad SMARTS) is 1. The topological polar surface area (TPSA) is 66.8 Å². The highest BCUT2D eigenvalue weighted by Gasteiger charge is 2.33. The minimum Gasteiger partial charge on any atom is -0.497 e. The van der Waals surface area contributed by atoms with Gasteiger partial charge in [0.25, 0.3) is 0 Å². The van der Waals surface area contributed by atoms with Crippen molar-refractivity contribution in [2.75, 3.05) is 13.7 Å². The lowest BCUT2D eigenvalue weighted by Gasteiger charge is -2.21. The van der Waals surface area contributed by atoms with Crippen molar-refractivity contribution in [3.63, 3.8) is 0 Å². The third kappa shape index (κ3) is 3.29. The van der Waals surface area contributed by atoms with E-state index in [-0.39, 0.29) is 5.91 Å². The second kappa shape index (κ2) is 6.41. The van der Waals surface area contributed by atoms with Crippen LogP contribution < -0.4 is 4.74 Å². The highest BCUT2D eigenvalue weighted by atomic mass is 16.5. The molecule has 5 nitrogen and oxygen atoms in total. The number of carboxylic acids is 1. The molecule has 0 bridgehead atoms. The molecule has 2 rings (SSSR count). The molecule has 1 amide bonds. The Balaban J connectivity index is 1.93. The maximum Gasteiger partial charge on any atom is 0.326 e. The molecular formula is C15H19NO4.